The molecule has 3 aliphatic rings. The van der Waals surface area contributed by atoms with E-state index in [1.807, 2.05) is 13.0 Å². The number of non-ortho nitro benzene ring substituents is 1. The number of nitro groups is 1. The van der Waals surface area contributed by atoms with Gasteiger partial charge in [0.05, 0.1) is 40.1 Å². The quantitative estimate of drug-likeness (QED) is 0.301. The second kappa shape index (κ2) is 7.78. The van der Waals surface area contributed by atoms with Crippen LogP contribution >= 0.6 is 0 Å². The molecule has 9 nitrogen and oxygen atoms in total. The minimum atomic E-state index is -1.04. The van der Waals surface area contributed by atoms with Crippen molar-refractivity contribution in [3.63, 3.8) is 0 Å². The summed E-state index contributed by atoms with van der Waals surface area (Å²) < 4.78 is 0. The molecule has 2 saturated heterocycles. The van der Waals surface area contributed by atoms with Crippen LogP contribution in [-0.2, 0) is 9.59 Å². The minimum Gasteiger partial charge on any atom is -0.359 e. The first kappa shape index (κ1) is 21.3. The molecular formula is C25H18N4O5. The van der Waals surface area contributed by atoms with Crippen LogP contribution in [0.4, 0.5) is 11.4 Å². The van der Waals surface area contributed by atoms with Gasteiger partial charge >= 0.3 is 0 Å². The Bertz CT molecular complexity index is 1350. The van der Waals surface area contributed by atoms with Crippen molar-refractivity contribution < 1.29 is 19.3 Å². The molecule has 3 heterocycles. The number of aryl methyl sites for hydroxylation is 1. The Labute approximate surface area is 194 Å². The zero-order chi connectivity index (χ0) is 24.1. The number of hydrogen-bond donors (Lipinski definition) is 0. The maximum atomic E-state index is 13.6. The van der Waals surface area contributed by atoms with Crippen molar-refractivity contribution >= 4 is 29.0 Å². The topological polar surface area (TPSA) is 125 Å². The fourth-order valence-corrected chi connectivity index (χ4v) is 5.01. The third-order valence-electron chi connectivity index (χ3n) is 6.58. The van der Waals surface area contributed by atoms with Crippen molar-refractivity contribution in [3.05, 3.63) is 93.7 Å². The first-order chi connectivity index (χ1) is 16.3. The molecule has 0 radical (unpaired) electrons. The Balaban J connectivity index is 1.60. The highest BCUT2D eigenvalue weighted by Gasteiger charge is 2.63. The number of carbonyl (C=O) groups is 3. The first-order valence-corrected chi connectivity index (χ1v) is 10.6. The smallest absolute Gasteiger partial charge is 0.270 e. The van der Waals surface area contributed by atoms with Crippen molar-refractivity contribution in [3.8, 4) is 6.07 Å². The zero-order valence-electron chi connectivity index (χ0n) is 18.0. The second-order valence-corrected chi connectivity index (χ2v) is 8.50. The number of ketones is 1. The van der Waals surface area contributed by atoms with E-state index in [2.05, 4.69) is 0 Å². The van der Waals surface area contributed by atoms with Gasteiger partial charge in [0.2, 0.25) is 11.8 Å². The minimum absolute atomic E-state index is 0.0797. The molecule has 0 unspecified atom stereocenters. The number of nitriles is 1. The van der Waals surface area contributed by atoms with Gasteiger partial charge in [-0.1, -0.05) is 29.8 Å². The molecule has 5 rings (SSSR count). The van der Waals surface area contributed by atoms with Crippen LogP contribution in [0.25, 0.3) is 0 Å². The lowest BCUT2D eigenvalue weighted by Gasteiger charge is -2.32. The number of carbonyl (C=O) groups excluding carboxylic acids is 3. The summed E-state index contributed by atoms with van der Waals surface area (Å²) in [6.07, 6.45) is 4.68. The highest BCUT2D eigenvalue weighted by molar-refractivity contribution is 6.24. The molecule has 0 bridgehead atoms. The number of Topliss-reactive ketones (excluding diaryl/α,β-unsaturated/α-hetero) is 1. The Morgan fingerprint density at radius 2 is 1.79 bits per heavy atom. The van der Waals surface area contributed by atoms with Crippen LogP contribution in [0.1, 0.15) is 15.9 Å². The predicted molar refractivity (Wildman–Crippen MR) is 120 cm³/mol. The number of nitrogens with zero attached hydrogens (tertiary/aromatic N) is 4. The number of hydrogen-bond acceptors (Lipinski definition) is 7. The van der Waals surface area contributed by atoms with E-state index in [0.717, 1.165) is 10.5 Å². The fraction of sp³-hybridized carbons (Fsp3) is 0.200. The molecule has 9 heteroatoms. The number of rotatable bonds is 4. The van der Waals surface area contributed by atoms with Gasteiger partial charge in [0.1, 0.15) is 6.04 Å². The summed E-state index contributed by atoms with van der Waals surface area (Å²) in [5.41, 5.74) is 1.55. The van der Waals surface area contributed by atoms with Gasteiger partial charge in [0.15, 0.2) is 5.78 Å². The van der Waals surface area contributed by atoms with E-state index in [1.165, 1.54) is 30.3 Å². The van der Waals surface area contributed by atoms with Gasteiger partial charge in [-0.05, 0) is 31.2 Å². The molecular weight excluding hydrogens is 436 g/mol. The lowest BCUT2D eigenvalue weighted by Crippen LogP contribution is -2.46. The predicted octanol–water partition coefficient (Wildman–Crippen LogP) is 2.92. The molecule has 34 heavy (non-hydrogen) atoms. The Morgan fingerprint density at radius 1 is 1.09 bits per heavy atom. The Hall–Kier alpha value is -4.58. The van der Waals surface area contributed by atoms with E-state index < -0.39 is 46.4 Å². The van der Waals surface area contributed by atoms with Gasteiger partial charge in [0, 0.05) is 23.9 Å². The number of fused-ring (bicyclic) bond motifs is 3. The van der Waals surface area contributed by atoms with Crippen LogP contribution < -0.4 is 4.90 Å². The molecule has 0 aliphatic carbocycles. The molecule has 2 aromatic carbocycles. The molecule has 3 aliphatic heterocycles. The molecule has 2 aromatic rings. The highest BCUT2D eigenvalue weighted by Crippen LogP contribution is 2.47. The van der Waals surface area contributed by atoms with Crippen LogP contribution in [0.5, 0.6) is 0 Å². The van der Waals surface area contributed by atoms with Gasteiger partial charge in [-0.25, -0.2) is 4.90 Å². The zero-order valence-corrected chi connectivity index (χ0v) is 18.0. The third kappa shape index (κ3) is 3.11. The summed E-state index contributed by atoms with van der Waals surface area (Å²) in [7, 11) is 0. The molecule has 4 atom stereocenters. The van der Waals surface area contributed by atoms with Gasteiger partial charge in [-0.15, -0.1) is 0 Å². The number of benzene rings is 2. The van der Waals surface area contributed by atoms with Crippen molar-refractivity contribution in [2.75, 3.05) is 4.90 Å². The maximum absolute atomic E-state index is 13.6. The Kier molecular flexibility index (Phi) is 4.87. The van der Waals surface area contributed by atoms with Gasteiger partial charge < -0.3 is 4.90 Å². The monoisotopic (exact) mass is 454 g/mol. The summed E-state index contributed by atoms with van der Waals surface area (Å²) in [6, 6.07) is 12.6. The van der Waals surface area contributed by atoms with Crippen molar-refractivity contribution in [1.29, 1.82) is 5.26 Å². The third-order valence-corrected chi connectivity index (χ3v) is 6.58. The number of imide groups is 1. The number of nitro benzene ring substituents is 1. The standard InChI is InChI=1S/C25H18N4O5/c1-14-5-7-17(8-6-14)28-24(31)20-19-11-15(13-26)9-10-27(19)22(21(20)25(28)32)23(30)16-3-2-4-18(12-16)29(33)34/h2-12,19-22H,1H3/t19-,20+,21+,22-/m1/s1. The van der Waals surface area contributed by atoms with Crippen LogP contribution in [0.2, 0.25) is 0 Å². The van der Waals surface area contributed by atoms with Crippen LogP contribution in [0.15, 0.2) is 72.5 Å². The molecule has 0 aromatic heterocycles. The summed E-state index contributed by atoms with van der Waals surface area (Å²) in [4.78, 5) is 54.1. The average Bonchev–Trinajstić information content (AvgIpc) is 3.31. The first-order valence-electron chi connectivity index (χ1n) is 10.6. The number of allylic oxidation sites excluding steroid dienone is 2. The van der Waals surface area contributed by atoms with Gasteiger partial charge in [-0.3, -0.25) is 24.5 Å². The van der Waals surface area contributed by atoms with E-state index in [9.17, 15) is 29.8 Å². The number of anilines is 1. The molecule has 0 spiro atoms. The van der Waals surface area contributed by atoms with E-state index >= 15 is 0 Å². The molecule has 2 amide bonds. The lowest BCUT2D eigenvalue weighted by molar-refractivity contribution is -0.384. The van der Waals surface area contributed by atoms with E-state index in [1.54, 1.807) is 41.4 Å². The van der Waals surface area contributed by atoms with E-state index in [-0.39, 0.29) is 11.3 Å². The highest BCUT2D eigenvalue weighted by atomic mass is 16.6. The van der Waals surface area contributed by atoms with Crippen LogP contribution in [-0.4, -0.2) is 39.5 Å². The summed E-state index contributed by atoms with van der Waals surface area (Å²) >= 11 is 0. The number of amides is 2. The lowest BCUT2D eigenvalue weighted by atomic mass is 9.86. The van der Waals surface area contributed by atoms with E-state index in [0.29, 0.717) is 11.3 Å². The molecule has 168 valence electrons. The maximum Gasteiger partial charge on any atom is 0.270 e. The molecule has 0 N–H and O–H groups in total. The van der Waals surface area contributed by atoms with Crippen molar-refractivity contribution in [2.45, 2.75) is 19.0 Å². The largest absolute Gasteiger partial charge is 0.359 e. The SMILES string of the molecule is Cc1ccc(N2C(=O)[C@@H]3[C@H](C2=O)[C@H](C(=O)c2cccc([N+](=O)[O-])c2)N2C=CC(C#N)=C[C@H]32)cc1. The normalized spacial score (nSPS) is 25.0. The van der Waals surface area contributed by atoms with Crippen LogP contribution in [0, 0.1) is 40.2 Å². The van der Waals surface area contributed by atoms with Gasteiger partial charge in [0.25, 0.3) is 5.69 Å². The second-order valence-electron chi connectivity index (χ2n) is 8.50. The summed E-state index contributed by atoms with van der Waals surface area (Å²) in [5.74, 6) is -3.30. The Morgan fingerprint density at radius 3 is 2.47 bits per heavy atom. The van der Waals surface area contributed by atoms with Gasteiger partial charge in [-0.2, -0.15) is 5.26 Å². The molecule has 2 fully saturated rings. The molecule has 0 saturated carbocycles. The van der Waals surface area contributed by atoms with Crippen LogP contribution in [0.3, 0.4) is 0 Å². The van der Waals surface area contributed by atoms with Crippen molar-refractivity contribution in [1.82, 2.24) is 4.90 Å². The van der Waals surface area contributed by atoms with Crippen molar-refractivity contribution in [2.24, 2.45) is 11.8 Å². The fourth-order valence-electron chi connectivity index (χ4n) is 5.01. The average molecular weight is 454 g/mol. The summed E-state index contributed by atoms with van der Waals surface area (Å²) in [6.45, 7) is 1.89. The van der Waals surface area contributed by atoms with E-state index in [4.69, 9.17) is 0 Å². The summed E-state index contributed by atoms with van der Waals surface area (Å²) in [5, 5.41) is 20.6.